The summed E-state index contributed by atoms with van der Waals surface area (Å²) in [6.07, 6.45) is 0.401. The van der Waals surface area contributed by atoms with E-state index >= 15 is 0 Å². The third kappa shape index (κ3) is 3.04. The molecular weight excluding hydrogens is 294 g/mol. The number of carbonyl (C=O) groups excluding carboxylic acids is 2. The topological polar surface area (TPSA) is 70.5 Å². The summed E-state index contributed by atoms with van der Waals surface area (Å²) in [5.41, 5.74) is 2.13. The molecular formula is C16H25N5O2. The molecule has 1 aromatic rings. The Bertz CT molecular complexity index is 618. The zero-order chi connectivity index (χ0) is 16.7. The number of nitrogens with zero attached hydrogens (tertiary/aromatic N) is 4. The van der Waals surface area contributed by atoms with Gasteiger partial charge in [-0.05, 0) is 33.8 Å². The summed E-state index contributed by atoms with van der Waals surface area (Å²) in [5, 5.41) is 7.46. The van der Waals surface area contributed by atoms with Crippen molar-refractivity contribution >= 4 is 11.9 Å². The van der Waals surface area contributed by atoms with E-state index in [0.29, 0.717) is 26.1 Å². The van der Waals surface area contributed by atoms with E-state index in [1.165, 1.54) is 0 Å². The lowest BCUT2D eigenvalue weighted by Gasteiger charge is -2.40. The molecule has 2 saturated heterocycles. The Hall–Kier alpha value is -2.05. The molecule has 1 aromatic heterocycles. The van der Waals surface area contributed by atoms with E-state index in [1.807, 2.05) is 43.3 Å². The van der Waals surface area contributed by atoms with Gasteiger partial charge in [-0.15, -0.1) is 0 Å². The van der Waals surface area contributed by atoms with Crippen molar-refractivity contribution in [2.75, 3.05) is 19.6 Å². The van der Waals surface area contributed by atoms with Crippen molar-refractivity contribution in [1.82, 2.24) is 24.9 Å². The smallest absolute Gasteiger partial charge is 0.317 e. The summed E-state index contributed by atoms with van der Waals surface area (Å²) < 4.78 is 2.00. The fraction of sp³-hybridized carbons (Fsp3) is 0.688. The fourth-order valence-electron chi connectivity index (χ4n) is 3.38. The summed E-state index contributed by atoms with van der Waals surface area (Å²) in [5.74, 6) is 0.120. The van der Waals surface area contributed by atoms with Crippen LogP contribution in [0.2, 0.25) is 0 Å². The molecule has 0 unspecified atom stereocenters. The highest BCUT2D eigenvalue weighted by molar-refractivity contribution is 5.82. The molecule has 2 aliphatic rings. The van der Waals surface area contributed by atoms with E-state index in [1.54, 1.807) is 4.90 Å². The Labute approximate surface area is 136 Å². The SMILES string of the molecule is Cc1cc(C)n(C2CN(C(=O)N[C@@H]3CC(=O)N(C(C)C)C3)C2)n1. The minimum Gasteiger partial charge on any atom is -0.338 e. The van der Waals surface area contributed by atoms with Crippen LogP contribution in [0.1, 0.15) is 37.7 Å². The first-order valence-electron chi connectivity index (χ1n) is 8.23. The standard InChI is InChI=1S/C16H25N5O2/c1-10(2)20-7-13(6-15(20)22)17-16(23)19-8-14(9-19)21-12(4)5-11(3)18-21/h5,10,13-14H,6-9H2,1-4H3,(H,17,23)/t13-/m1/s1. The van der Waals surface area contributed by atoms with Crippen LogP contribution in [-0.2, 0) is 4.79 Å². The molecule has 0 bridgehead atoms. The molecule has 2 aliphatic heterocycles. The van der Waals surface area contributed by atoms with Gasteiger partial charge in [0.2, 0.25) is 5.91 Å². The van der Waals surface area contributed by atoms with Crippen molar-refractivity contribution < 1.29 is 9.59 Å². The van der Waals surface area contributed by atoms with Gasteiger partial charge in [0.15, 0.2) is 0 Å². The van der Waals surface area contributed by atoms with E-state index in [0.717, 1.165) is 11.4 Å². The molecule has 3 rings (SSSR count). The molecule has 23 heavy (non-hydrogen) atoms. The first-order chi connectivity index (χ1) is 10.8. The second-order valence-electron chi connectivity index (χ2n) is 6.92. The van der Waals surface area contributed by atoms with Crippen molar-refractivity contribution in [2.24, 2.45) is 0 Å². The molecule has 0 radical (unpaired) electrons. The summed E-state index contributed by atoms with van der Waals surface area (Å²) in [4.78, 5) is 27.8. The second-order valence-corrected chi connectivity index (χ2v) is 6.92. The Balaban J connectivity index is 1.50. The summed E-state index contributed by atoms with van der Waals surface area (Å²) in [7, 11) is 0. The number of aryl methyl sites for hydroxylation is 2. The molecule has 3 heterocycles. The average molecular weight is 319 g/mol. The van der Waals surface area contributed by atoms with Crippen LogP contribution in [0, 0.1) is 13.8 Å². The molecule has 0 saturated carbocycles. The van der Waals surface area contributed by atoms with Crippen LogP contribution >= 0.6 is 0 Å². The predicted octanol–water partition coefficient (Wildman–Crippen LogP) is 1.08. The van der Waals surface area contributed by atoms with Gasteiger partial charge in [-0.1, -0.05) is 0 Å². The number of hydrogen-bond donors (Lipinski definition) is 1. The molecule has 1 N–H and O–H groups in total. The lowest BCUT2D eigenvalue weighted by atomic mass is 10.1. The molecule has 0 aromatic carbocycles. The minimum atomic E-state index is -0.0786. The van der Waals surface area contributed by atoms with Gasteiger partial charge < -0.3 is 15.1 Å². The monoisotopic (exact) mass is 319 g/mol. The highest BCUT2D eigenvalue weighted by atomic mass is 16.2. The number of aromatic nitrogens is 2. The Morgan fingerprint density at radius 3 is 2.52 bits per heavy atom. The number of likely N-dealkylation sites (tertiary alicyclic amines) is 2. The number of carbonyl (C=O) groups is 2. The predicted molar refractivity (Wildman–Crippen MR) is 86.1 cm³/mol. The Morgan fingerprint density at radius 1 is 1.30 bits per heavy atom. The highest BCUT2D eigenvalue weighted by Gasteiger charge is 2.37. The van der Waals surface area contributed by atoms with Crippen LogP contribution in [0.25, 0.3) is 0 Å². The van der Waals surface area contributed by atoms with E-state index < -0.39 is 0 Å². The van der Waals surface area contributed by atoms with Gasteiger partial charge in [0.25, 0.3) is 0 Å². The van der Waals surface area contributed by atoms with Crippen LogP contribution in [0.3, 0.4) is 0 Å². The van der Waals surface area contributed by atoms with Crippen LogP contribution in [0.4, 0.5) is 4.79 Å². The van der Waals surface area contributed by atoms with Crippen molar-refractivity contribution in [3.05, 3.63) is 17.5 Å². The maximum atomic E-state index is 12.3. The van der Waals surface area contributed by atoms with Gasteiger partial charge in [0, 0.05) is 37.8 Å². The van der Waals surface area contributed by atoms with Crippen molar-refractivity contribution in [2.45, 2.75) is 52.2 Å². The molecule has 0 spiro atoms. The number of hydrogen-bond acceptors (Lipinski definition) is 3. The van der Waals surface area contributed by atoms with Crippen molar-refractivity contribution in [3.8, 4) is 0 Å². The van der Waals surface area contributed by atoms with Crippen molar-refractivity contribution in [3.63, 3.8) is 0 Å². The van der Waals surface area contributed by atoms with Crippen LogP contribution in [-0.4, -0.2) is 63.2 Å². The molecule has 3 amide bonds. The van der Waals surface area contributed by atoms with Crippen LogP contribution in [0.5, 0.6) is 0 Å². The molecule has 2 fully saturated rings. The summed E-state index contributed by atoms with van der Waals surface area (Å²) >= 11 is 0. The van der Waals surface area contributed by atoms with Gasteiger partial charge in [-0.2, -0.15) is 5.10 Å². The molecule has 7 heteroatoms. The third-order valence-electron chi connectivity index (χ3n) is 4.65. The van der Waals surface area contributed by atoms with E-state index in [9.17, 15) is 9.59 Å². The lowest BCUT2D eigenvalue weighted by molar-refractivity contribution is -0.129. The lowest BCUT2D eigenvalue weighted by Crippen LogP contribution is -2.56. The number of amides is 3. The zero-order valence-electron chi connectivity index (χ0n) is 14.2. The normalized spacial score (nSPS) is 22.0. The third-order valence-corrected chi connectivity index (χ3v) is 4.65. The van der Waals surface area contributed by atoms with Gasteiger partial charge in [0.05, 0.1) is 17.8 Å². The quantitative estimate of drug-likeness (QED) is 0.906. The molecule has 1 atom stereocenters. The number of nitrogens with one attached hydrogen (secondary N) is 1. The number of urea groups is 1. The summed E-state index contributed by atoms with van der Waals surface area (Å²) in [6, 6.07) is 2.33. The first-order valence-corrected chi connectivity index (χ1v) is 8.23. The molecule has 126 valence electrons. The second kappa shape index (κ2) is 5.86. The van der Waals surface area contributed by atoms with Gasteiger partial charge in [-0.3, -0.25) is 9.48 Å². The fourth-order valence-corrected chi connectivity index (χ4v) is 3.38. The van der Waals surface area contributed by atoms with Gasteiger partial charge in [0.1, 0.15) is 0 Å². The molecule has 0 aliphatic carbocycles. The minimum absolute atomic E-state index is 0.0776. The van der Waals surface area contributed by atoms with Crippen molar-refractivity contribution in [1.29, 1.82) is 0 Å². The van der Waals surface area contributed by atoms with E-state index in [2.05, 4.69) is 10.4 Å². The average Bonchev–Trinajstić information content (AvgIpc) is 2.91. The molecule has 7 nitrogen and oxygen atoms in total. The van der Waals surface area contributed by atoms with Gasteiger partial charge >= 0.3 is 6.03 Å². The Kier molecular flexibility index (Phi) is 4.04. The van der Waals surface area contributed by atoms with Crippen LogP contribution in [0.15, 0.2) is 6.07 Å². The maximum absolute atomic E-state index is 12.3. The maximum Gasteiger partial charge on any atom is 0.317 e. The van der Waals surface area contributed by atoms with E-state index in [-0.39, 0.29) is 30.1 Å². The van der Waals surface area contributed by atoms with Gasteiger partial charge in [-0.25, -0.2) is 4.79 Å². The largest absolute Gasteiger partial charge is 0.338 e. The van der Waals surface area contributed by atoms with Crippen LogP contribution < -0.4 is 5.32 Å². The first kappa shape index (κ1) is 15.8. The number of rotatable bonds is 3. The van der Waals surface area contributed by atoms with E-state index in [4.69, 9.17) is 0 Å². The Morgan fingerprint density at radius 2 is 2.00 bits per heavy atom. The highest BCUT2D eigenvalue weighted by Crippen LogP contribution is 2.23. The summed E-state index contributed by atoms with van der Waals surface area (Å²) in [6.45, 7) is 9.95. The zero-order valence-corrected chi connectivity index (χ0v) is 14.2.